The maximum Gasteiger partial charge on any atom is 0.433 e. The molecule has 5 nitrogen and oxygen atoms in total. The second kappa shape index (κ2) is 6.30. The summed E-state index contributed by atoms with van der Waals surface area (Å²) < 4.78 is 43.4. The summed E-state index contributed by atoms with van der Waals surface area (Å²) >= 11 is 0. The average Bonchev–Trinajstić information content (AvgIpc) is 2.34. The lowest BCUT2D eigenvalue weighted by atomic mass is 10.1. The fourth-order valence-corrected chi connectivity index (χ4v) is 1.69. The van der Waals surface area contributed by atoms with Crippen LogP contribution in [0.2, 0.25) is 0 Å². The Morgan fingerprint density at radius 2 is 2.00 bits per heavy atom. The lowest BCUT2D eigenvalue weighted by molar-refractivity contribution is -0.141. The van der Waals surface area contributed by atoms with Gasteiger partial charge in [0.2, 0.25) is 0 Å². The summed E-state index contributed by atoms with van der Waals surface area (Å²) in [6.07, 6.45) is -4.60. The molecule has 0 aliphatic heterocycles. The third kappa shape index (κ3) is 4.89. The summed E-state index contributed by atoms with van der Waals surface area (Å²) in [5.74, 6) is -1.06. The van der Waals surface area contributed by atoms with E-state index in [2.05, 4.69) is 10.3 Å². The standard InChI is InChI=1S/C13H18F3N3O2/c1-4-21-12(2,3)7-18-11-8(10(17)20)5-6-9(19-11)13(14,15)16/h5-6H,4,7H2,1-3H3,(H2,17,20)(H,18,19). The van der Waals surface area contributed by atoms with Crippen molar-refractivity contribution in [3.05, 3.63) is 23.4 Å². The number of halogens is 3. The zero-order valence-corrected chi connectivity index (χ0v) is 12.0. The van der Waals surface area contributed by atoms with Gasteiger partial charge in [-0.05, 0) is 32.9 Å². The number of alkyl halides is 3. The van der Waals surface area contributed by atoms with E-state index >= 15 is 0 Å². The number of nitrogens with two attached hydrogens (primary N) is 1. The molecule has 3 N–H and O–H groups in total. The highest BCUT2D eigenvalue weighted by atomic mass is 19.4. The van der Waals surface area contributed by atoms with Gasteiger partial charge in [-0.1, -0.05) is 0 Å². The van der Waals surface area contributed by atoms with E-state index < -0.39 is 23.4 Å². The number of nitrogens with zero attached hydrogens (tertiary/aromatic N) is 1. The molecule has 0 aliphatic rings. The number of ether oxygens (including phenoxy) is 1. The van der Waals surface area contributed by atoms with Crippen molar-refractivity contribution in [3.63, 3.8) is 0 Å². The predicted molar refractivity (Wildman–Crippen MR) is 72.0 cm³/mol. The monoisotopic (exact) mass is 305 g/mol. The number of amides is 1. The van der Waals surface area contributed by atoms with Gasteiger partial charge in [0.1, 0.15) is 11.5 Å². The van der Waals surface area contributed by atoms with E-state index in [0.29, 0.717) is 6.61 Å². The first-order valence-corrected chi connectivity index (χ1v) is 6.32. The van der Waals surface area contributed by atoms with Gasteiger partial charge in [0, 0.05) is 13.2 Å². The molecular formula is C13H18F3N3O2. The fourth-order valence-electron chi connectivity index (χ4n) is 1.69. The summed E-state index contributed by atoms with van der Waals surface area (Å²) in [5, 5.41) is 2.70. The Balaban J connectivity index is 3.05. The number of hydrogen-bond acceptors (Lipinski definition) is 4. The van der Waals surface area contributed by atoms with Crippen LogP contribution in [0, 0.1) is 0 Å². The largest absolute Gasteiger partial charge is 0.433 e. The van der Waals surface area contributed by atoms with Crippen LogP contribution in [0.1, 0.15) is 36.8 Å². The van der Waals surface area contributed by atoms with Gasteiger partial charge in [-0.15, -0.1) is 0 Å². The predicted octanol–water partition coefficient (Wildman–Crippen LogP) is 2.43. The Bertz CT molecular complexity index is 516. The van der Waals surface area contributed by atoms with Gasteiger partial charge in [-0.3, -0.25) is 4.79 Å². The second-order valence-electron chi connectivity index (χ2n) is 5.00. The Morgan fingerprint density at radius 3 is 2.48 bits per heavy atom. The normalized spacial score (nSPS) is 12.3. The third-order valence-electron chi connectivity index (χ3n) is 2.67. The van der Waals surface area contributed by atoms with E-state index in [0.717, 1.165) is 12.1 Å². The molecule has 0 unspecified atom stereocenters. The molecule has 0 radical (unpaired) electrons. The number of primary amides is 1. The number of nitrogens with one attached hydrogen (secondary N) is 1. The number of aromatic nitrogens is 1. The van der Waals surface area contributed by atoms with Crippen molar-refractivity contribution in [2.45, 2.75) is 32.5 Å². The number of rotatable bonds is 6. The number of hydrogen-bond donors (Lipinski definition) is 2. The molecule has 0 fully saturated rings. The van der Waals surface area contributed by atoms with E-state index in [-0.39, 0.29) is 17.9 Å². The van der Waals surface area contributed by atoms with E-state index in [4.69, 9.17) is 10.5 Å². The number of anilines is 1. The molecule has 1 aromatic heterocycles. The van der Waals surface area contributed by atoms with Crippen LogP contribution in [0.15, 0.2) is 12.1 Å². The molecule has 0 saturated heterocycles. The van der Waals surface area contributed by atoms with Crippen molar-refractivity contribution >= 4 is 11.7 Å². The third-order valence-corrected chi connectivity index (χ3v) is 2.67. The van der Waals surface area contributed by atoms with Crippen LogP contribution in [0.5, 0.6) is 0 Å². The molecule has 118 valence electrons. The Hall–Kier alpha value is -1.83. The van der Waals surface area contributed by atoms with Crippen molar-refractivity contribution in [3.8, 4) is 0 Å². The van der Waals surface area contributed by atoms with Crippen molar-refractivity contribution < 1.29 is 22.7 Å². The van der Waals surface area contributed by atoms with Gasteiger partial charge in [0.05, 0.1) is 11.2 Å². The van der Waals surface area contributed by atoms with E-state index in [9.17, 15) is 18.0 Å². The first kappa shape index (κ1) is 17.2. The molecule has 8 heteroatoms. The summed E-state index contributed by atoms with van der Waals surface area (Å²) in [5.41, 5.74) is 3.32. The maximum absolute atomic E-state index is 12.7. The van der Waals surface area contributed by atoms with Crippen LogP contribution in [0.4, 0.5) is 19.0 Å². The molecule has 0 spiro atoms. The van der Waals surface area contributed by atoms with Crippen molar-refractivity contribution in [1.82, 2.24) is 4.98 Å². The van der Waals surface area contributed by atoms with Crippen molar-refractivity contribution in [2.24, 2.45) is 5.73 Å². The van der Waals surface area contributed by atoms with Crippen molar-refractivity contribution in [1.29, 1.82) is 0 Å². The van der Waals surface area contributed by atoms with E-state index in [1.165, 1.54) is 0 Å². The van der Waals surface area contributed by atoms with Gasteiger partial charge < -0.3 is 15.8 Å². The zero-order chi connectivity index (χ0) is 16.3. The highest BCUT2D eigenvalue weighted by molar-refractivity contribution is 5.97. The van der Waals surface area contributed by atoms with Gasteiger partial charge in [-0.25, -0.2) is 4.98 Å². The van der Waals surface area contributed by atoms with Crippen LogP contribution in [0.25, 0.3) is 0 Å². The molecule has 1 heterocycles. The second-order valence-corrected chi connectivity index (χ2v) is 5.00. The summed E-state index contributed by atoms with van der Waals surface area (Å²) in [6.45, 7) is 5.96. The minimum Gasteiger partial charge on any atom is -0.374 e. The van der Waals surface area contributed by atoms with Gasteiger partial charge >= 0.3 is 6.18 Å². The zero-order valence-electron chi connectivity index (χ0n) is 12.0. The first-order chi connectivity index (χ1) is 9.57. The molecule has 0 atom stereocenters. The Kier molecular flexibility index (Phi) is 5.16. The minimum absolute atomic E-state index is 0.102. The fraction of sp³-hybridized carbons (Fsp3) is 0.538. The van der Waals surface area contributed by atoms with Crippen LogP contribution in [-0.4, -0.2) is 29.6 Å². The van der Waals surface area contributed by atoms with Crippen LogP contribution >= 0.6 is 0 Å². The number of pyridine rings is 1. The quantitative estimate of drug-likeness (QED) is 0.846. The number of carbonyl (C=O) groups is 1. The lowest BCUT2D eigenvalue weighted by Gasteiger charge is -2.25. The molecule has 1 rings (SSSR count). The molecule has 1 amide bonds. The molecule has 1 aromatic rings. The molecule has 0 bridgehead atoms. The van der Waals surface area contributed by atoms with Gasteiger partial charge in [-0.2, -0.15) is 13.2 Å². The number of carbonyl (C=O) groups excluding carboxylic acids is 1. The van der Waals surface area contributed by atoms with Gasteiger partial charge in [0.25, 0.3) is 5.91 Å². The first-order valence-electron chi connectivity index (χ1n) is 6.32. The highest BCUT2D eigenvalue weighted by Crippen LogP contribution is 2.29. The summed E-state index contributed by atoms with van der Waals surface area (Å²) in [4.78, 5) is 14.7. The molecular weight excluding hydrogens is 287 g/mol. The van der Waals surface area contributed by atoms with E-state index in [1.807, 2.05) is 0 Å². The van der Waals surface area contributed by atoms with Crippen LogP contribution in [-0.2, 0) is 10.9 Å². The molecule has 0 aliphatic carbocycles. The van der Waals surface area contributed by atoms with E-state index in [1.54, 1.807) is 20.8 Å². The summed E-state index contributed by atoms with van der Waals surface area (Å²) in [7, 11) is 0. The van der Waals surface area contributed by atoms with Crippen LogP contribution in [0.3, 0.4) is 0 Å². The van der Waals surface area contributed by atoms with Gasteiger partial charge in [0.15, 0.2) is 0 Å². The minimum atomic E-state index is -4.60. The topological polar surface area (TPSA) is 77.2 Å². The molecule has 21 heavy (non-hydrogen) atoms. The molecule has 0 saturated carbocycles. The van der Waals surface area contributed by atoms with Crippen LogP contribution < -0.4 is 11.1 Å². The van der Waals surface area contributed by atoms with Crippen molar-refractivity contribution in [2.75, 3.05) is 18.5 Å². The Morgan fingerprint density at radius 1 is 1.38 bits per heavy atom. The summed E-state index contributed by atoms with van der Waals surface area (Å²) in [6, 6.07) is 1.73. The Labute approximate surface area is 120 Å². The smallest absolute Gasteiger partial charge is 0.374 e. The maximum atomic E-state index is 12.7. The molecule has 0 aromatic carbocycles. The average molecular weight is 305 g/mol. The SMILES string of the molecule is CCOC(C)(C)CNc1nc(C(F)(F)F)ccc1C(N)=O. The lowest BCUT2D eigenvalue weighted by Crippen LogP contribution is -2.34. The highest BCUT2D eigenvalue weighted by Gasteiger charge is 2.33.